The third-order valence-electron chi connectivity index (χ3n) is 2.23. The summed E-state index contributed by atoms with van der Waals surface area (Å²) in [6.45, 7) is -0.138. The van der Waals surface area contributed by atoms with Crippen molar-refractivity contribution in [2.24, 2.45) is 5.11 Å². The molecule has 5 atom stereocenters. The molecule has 0 aromatic heterocycles. The average Bonchev–Trinajstić information content (AvgIpc) is 2.25. The lowest BCUT2D eigenvalue weighted by Crippen LogP contribution is -2.58. The van der Waals surface area contributed by atoms with Crippen LogP contribution in [0.15, 0.2) is 5.11 Å². The maximum atomic E-state index is 9.47. The lowest BCUT2D eigenvalue weighted by atomic mass is 9.99. The highest BCUT2D eigenvalue weighted by molar-refractivity contribution is 4.89. The van der Waals surface area contributed by atoms with Crippen molar-refractivity contribution in [1.82, 2.24) is 0 Å². The van der Waals surface area contributed by atoms with E-state index in [0.717, 1.165) is 0 Å². The Morgan fingerprint density at radius 1 is 1.33 bits per heavy atom. The molecule has 3 N–H and O–H groups in total. The van der Waals surface area contributed by atoms with Crippen LogP contribution in [0.5, 0.6) is 0 Å². The summed E-state index contributed by atoms with van der Waals surface area (Å²) in [5.74, 6) is 0. The Morgan fingerprint density at radius 2 is 2.00 bits per heavy atom. The molecule has 8 nitrogen and oxygen atoms in total. The molecule has 0 bridgehead atoms. The summed E-state index contributed by atoms with van der Waals surface area (Å²) in [6, 6.07) is 0. The van der Waals surface area contributed by atoms with E-state index in [-0.39, 0.29) is 6.54 Å². The number of nitrogens with zero attached hydrogens (tertiary/aromatic N) is 3. The zero-order valence-electron chi connectivity index (χ0n) is 8.09. The first-order valence-corrected chi connectivity index (χ1v) is 4.35. The number of methoxy groups -OCH3 is 1. The van der Waals surface area contributed by atoms with Crippen molar-refractivity contribution in [3.63, 3.8) is 0 Å². The van der Waals surface area contributed by atoms with Crippen molar-refractivity contribution in [3.8, 4) is 0 Å². The van der Waals surface area contributed by atoms with Crippen LogP contribution in [-0.2, 0) is 9.47 Å². The quantitative estimate of drug-likeness (QED) is 0.310. The second-order valence-electron chi connectivity index (χ2n) is 3.16. The van der Waals surface area contributed by atoms with E-state index < -0.39 is 30.7 Å². The van der Waals surface area contributed by atoms with Gasteiger partial charge in [-0.15, -0.1) is 0 Å². The van der Waals surface area contributed by atoms with Crippen LogP contribution in [0.3, 0.4) is 0 Å². The van der Waals surface area contributed by atoms with Gasteiger partial charge in [0.15, 0.2) is 6.29 Å². The van der Waals surface area contributed by atoms with Gasteiger partial charge in [0.1, 0.15) is 18.3 Å². The summed E-state index contributed by atoms with van der Waals surface area (Å²) in [5, 5.41) is 31.5. The lowest BCUT2D eigenvalue weighted by molar-refractivity contribution is -0.287. The SMILES string of the molecule is CO[C@@H]1OC(CN=[N+]=[N-])[C@@H](O)C(O)[C@@H]1O. The zero-order chi connectivity index (χ0) is 11.4. The second kappa shape index (κ2) is 5.26. The van der Waals surface area contributed by atoms with Gasteiger partial charge in [-0.3, -0.25) is 0 Å². The monoisotopic (exact) mass is 219 g/mol. The Hall–Kier alpha value is -0.890. The topological polar surface area (TPSA) is 128 Å². The normalized spacial score (nSPS) is 40.9. The number of hydrogen-bond donors (Lipinski definition) is 3. The lowest BCUT2D eigenvalue weighted by Gasteiger charge is -2.39. The first kappa shape index (κ1) is 12.2. The fraction of sp³-hybridized carbons (Fsp3) is 1.00. The number of azide groups is 1. The van der Waals surface area contributed by atoms with Crippen LogP contribution in [0.1, 0.15) is 0 Å². The number of aliphatic hydroxyl groups is 3. The molecule has 1 aliphatic heterocycles. The summed E-state index contributed by atoms with van der Waals surface area (Å²) in [4.78, 5) is 2.51. The molecule has 8 heteroatoms. The molecule has 2 unspecified atom stereocenters. The van der Waals surface area contributed by atoms with Crippen LogP contribution in [0.4, 0.5) is 0 Å². The van der Waals surface area contributed by atoms with E-state index in [1.165, 1.54) is 7.11 Å². The molecule has 15 heavy (non-hydrogen) atoms. The van der Waals surface area contributed by atoms with E-state index >= 15 is 0 Å². The Labute approximate surface area is 85.7 Å². The molecule has 0 radical (unpaired) electrons. The van der Waals surface area contributed by atoms with Crippen LogP contribution in [0.25, 0.3) is 10.4 Å². The van der Waals surface area contributed by atoms with Crippen molar-refractivity contribution in [2.75, 3.05) is 13.7 Å². The van der Waals surface area contributed by atoms with Crippen molar-refractivity contribution in [1.29, 1.82) is 0 Å². The summed E-state index contributed by atoms with van der Waals surface area (Å²) < 4.78 is 9.84. The van der Waals surface area contributed by atoms with Gasteiger partial charge in [0.05, 0.1) is 12.6 Å². The first-order valence-electron chi connectivity index (χ1n) is 4.35. The minimum absolute atomic E-state index is 0.138. The minimum atomic E-state index is -1.39. The summed E-state index contributed by atoms with van der Waals surface area (Å²) >= 11 is 0. The Bertz CT molecular complexity index is 255. The third kappa shape index (κ3) is 2.57. The van der Waals surface area contributed by atoms with Gasteiger partial charge in [0.25, 0.3) is 0 Å². The molecule has 1 saturated heterocycles. The predicted octanol–water partition coefficient (Wildman–Crippen LogP) is -1.25. The molecule has 0 amide bonds. The minimum Gasteiger partial charge on any atom is -0.388 e. The van der Waals surface area contributed by atoms with E-state index in [4.69, 9.17) is 15.0 Å². The molecule has 1 aliphatic rings. The first-order chi connectivity index (χ1) is 7.11. The molecule has 0 spiro atoms. The van der Waals surface area contributed by atoms with Crippen molar-refractivity contribution >= 4 is 0 Å². The van der Waals surface area contributed by atoms with E-state index in [2.05, 4.69) is 10.0 Å². The molecule has 0 aromatic carbocycles. The van der Waals surface area contributed by atoms with Gasteiger partial charge in [-0.1, -0.05) is 5.11 Å². The third-order valence-corrected chi connectivity index (χ3v) is 2.23. The number of ether oxygens (including phenoxy) is 2. The standard InChI is InChI=1S/C7H13N3O5/c1-14-7-6(13)5(12)4(11)3(15-7)2-9-10-8/h3-7,11-13H,2H2,1H3/t3?,4-,5?,6+,7-/m1/s1. The number of rotatable bonds is 3. The van der Waals surface area contributed by atoms with Crippen LogP contribution >= 0.6 is 0 Å². The molecule has 86 valence electrons. The molecule has 0 saturated carbocycles. The van der Waals surface area contributed by atoms with Gasteiger partial charge in [0, 0.05) is 12.0 Å². The molecular weight excluding hydrogens is 206 g/mol. The fourth-order valence-corrected chi connectivity index (χ4v) is 1.38. The second-order valence-corrected chi connectivity index (χ2v) is 3.16. The highest BCUT2D eigenvalue weighted by atomic mass is 16.7. The van der Waals surface area contributed by atoms with Crippen LogP contribution < -0.4 is 0 Å². The Kier molecular flexibility index (Phi) is 4.28. The summed E-state index contributed by atoms with van der Waals surface area (Å²) in [6.07, 6.45) is -5.95. The smallest absolute Gasteiger partial charge is 0.186 e. The highest BCUT2D eigenvalue weighted by Gasteiger charge is 2.43. The van der Waals surface area contributed by atoms with E-state index in [0.29, 0.717) is 0 Å². The number of aliphatic hydroxyl groups excluding tert-OH is 3. The van der Waals surface area contributed by atoms with E-state index in [9.17, 15) is 15.3 Å². The maximum absolute atomic E-state index is 9.47. The number of hydrogen-bond acceptors (Lipinski definition) is 6. The molecular formula is C7H13N3O5. The van der Waals surface area contributed by atoms with Crippen molar-refractivity contribution in [2.45, 2.75) is 30.7 Å². The van der Waals surface area contributed by atoms with Crippen LogP contribution in [0, 0.1) is 0 Å². The molecule has 0 aromatic rings. The van der Waals surface area contributed by atoms with Gasteiger partial charge < -0.3 is 24.8 Å². The highest BCUT2D eigenvalue weighted by Crippen LogP contribution is 2.21. The zero-order valence-corrected chi connectivity index (χ0v) is 8.09. The summed E-state index contributed by atoms with van der Waals surface area (Å²) in [7, 11) is 1.29. The molecule has 0 aliphatic carbocycles. The van der Waals surface area contributed by atoms with Crippen LogP contribution in [-0.4, -0.2) is 59.7 Å². The van der Waals surface area contributed by atoms with Gasteiger partial charge in [-0.2, -0.15) is 0 Å². The molecule has 1 heterocycles. The summed E-state index contributed by atoms with van der Waals surface area (Å²) in [5.41, 5.74) is 8.10. The Balaban J connectivity index is 2.69. The Morgan fingerprint density at radius 3 is 2.53 bits per heavy atom. The van der Waals surface area contributed by atoms with Gasteiger partial charge in [0.2, 0.25) is 0 Å². The van der Waals surface area contributed by atoms with E-state index in [1.807, 2.05) is 0 Å². The average molecular weight is 219 g/mol. The maximum Gasteiger partial charge on any atom is 0.186 e. The van der Waals surface area contributed by atoms with Crippen LogP contribution in [0.2, 0.25) is 0 Å². The van der Waals surface area contributed by atoms with E-state index in [1.54, 1.807) is 0 Å². The van der Waals surface area contributed by atoms with Crippen molar-refractivity contribution < 1.29 is 24.8 Å². The van der Waals surface area contributed by atoms with Gasteiger partial charge in [-0.05, 0) is 5.53 Å². The fourth-order valence-electron chi connectivity index (χ4n) is 1.38. The molecule has 1 rings (SSSR count). The largest absolute Gasteiger partial charge is 0.388 e. The molecule has 1 fully saturated rings. The van der Waals surface area contributed by atoms with Crippen molar-refractivity contribution in [3.05, 3.63) is 10.4 Å². The van der Waals surface area contributed by atoms with Gasteiger partial charge >= 0.3 is 0 Å². The van der Waals surface area contributed by atoms with Gasteiger partial charge in [-0.25, -0.2) is 0 Å². The predicted molar refractivity (Wildman–Crippen MR) is 47.7 cm³/mol.